The van der Waals surface area contributed by atoms with Gasteiger partial charge in [-0.15, -0.1) is 0 Å². The van der Waals surface area contributed by atoms with E-state index in [2.05, 4.69) is 20.9 Å². The van der Waals surface area contributed by atoms with Crippen molar-refractivity contribution in [2.45, 2.75) is 44.7 Å². The Labute approximate surface area is 193 Å². The third-order valence-electron chi connectivity index (χ3n) is 6.85. The Bertz CT molecular complexity index is 1180. The first kappa shape index (κ1) is 21.5. The van der Waals surface area contributed by atoms with Gasteiger partial charge >= 0.3 is 0 Å². The van der Waals surface area contributed by atoms with Crippen LogP contribution in [0.25, 0.3) is 0 Å². The number of H-pyrrole nitrogens is 1. The van der Waals surface area contributed by atoms with Crippen molar-refractivity contribution in [1.29, 1.82) is 0 Å². The van der Waals surface area contributed by atoms with E-state index in [1.807, 2.05) is 54.4 Å². The fourth-order valence-corrected chi connectivity index (χ4v) is 4.92. The summed E-state index contributed by atoms with van der Waals surface area (Å²) in [5.41, 5.74) is 3.79. The van der Waals surface area contributed by atoms with Gasteiger partial charge in [0, 0.05) is 57.5 Å². The first-order valence-electron chi connectivity index (χ1n) is 11.7. The molecule has 170 valence electrons. The number of carbonyl (C=O) groups is 1. The average Bonchev–Trinajstić information content (AvgIpc) is 3.35. The molecule has 1 N–H and O–H groups in total. The maximum atomic E-state index is 13.0. The third kappa shape index (κ3) is 4.59. The van der Waals surface area contributed by atoms with E-state index in [-0.39, 0.29) is 23.3 Å². The van der Waals surface area contributed by atoms with Gasteiger partial charge in [0.05, 0.1) is 17.2 Å². The highest BCUT2D eigenvalue weighted by atomic mass is 16.2. The number of aromatic amines is 1. The van der Waals surface area contributed by atoms with Crippen LogP contribution >= 0.6 is 0 Å². The molecule has 1 amide bonds. The van der Waals surface area contributed by atoms with Gasteiger partial charge in [-0.25, -0.2) is 4.98 Å². The highest BCUT2D eigenvalue weighted by Crippen LogP contribution is 2.28. The molecule has 3 aromatic rings. The van der Waals surface area contributed by atoms with Crippen LogP contribution in [0.15, 0.2) is 59.7 Å². The van der Waals surface area contributed by atoms with Crippen molar-refractivity contribution in [3.05, 3.63) is 93.4 Å². The number of pyridine rings is 1. The summed E-state index contributed by atoms with van der Waals surface area (Å²) in [6.07, 6.45) is 5.22. The quantitative estimate of drug-likeness (QED) is 0.656. The zero-order valence-corrected chi connectivity index (χ0v) is 18.9. The molecular formula is C26H29N5O2. The van der Waals surface area contributed by atoms with Crippen molar-refractivity contribution in [1.82, 2.24) is 24.8 Å². The van der Waals surface area contributed by atoms with Crippen molar-refractivity contribution >= 4 is 5.91 Å². The molecule has 0 unspecified atom stereocenters. The highest BCUT2D eigenvalue weighted by molar-refractivity contribution is 5.83. The van der Waals surface area contributed by atoms with Gasteiger partial charge in [0.15, 0.2) is 0 Å². The molecule has 1 aromatic carbocycles. The number of hydrogen-bond donors (Lipinski definition) is 1. The lowest BCUT2D eigenvalue weighted by molar-refractivity contribution is -0.131. The SMILES string of the molecule is C[C@H](C(=O)N1CC[C@H](c2nc3c(c(=O)[nH]2)CN(Cc2cccnc2)CC3)C1)c1ccccc1. The lowest BCUT2D eigenvalue weighted by Gasteiger charge is -2.28. The molecule has 0 saturated carbocycles. The Kier molecular flexibility index (Phi) is 6.05. The van der Waals surface area contributed by atoms with Gasteiger partial charge in [-0.1, -0.05) is 36.4 Å². The maximum absolute atomic E-state index is 13.0. The molecule has 2 aromatic heterocycles. The van der Waals surface area contributed by atoms with E-state index in [9.17, 15) is 9.59 Å². The summed E-state index contributed by atoms with van der Waals surface area (Å²) in [4.78, 5) is 42.2. The number of aromatic nitrogens is 3. The van der Waals surface area contributed by atoms with Gasteiger partial charge in [0.1, 0.15) is 5.82 Å². The molecule has 0 bridgehead atoms. The molecule has 0 radical (unpaired) electrons. The lowest BCUT2D eigenvalue weighted by Crippen LogP contribution is -2.36. The van der Waals surface area contributed by atoms with Crippen molar-refractivity contribution in [2.75, 3.05) is 19.6 Å². The van der Waals surface area contributed by atoms with Crippen LogP contribution in [-0.2, 0) is 24.3 Å². The first-order valence-corrected chi connectivity index (χ1v) is 11.7. The van der Waals surface area contributed by atoms with Gasteiger partial charge in [-0.2, -0.15) is 0 Å². The molecule has 0 aliphatic carbocycles. The van der Waals surface area contributed by atoms with Crippen LogP contribution in [-0.4, -0.2) is 50.3 Å². The smallest absolute Gasteiger partial charge is 0.255 e. The normalized spacial score (nSPS) is 19.3. The average molecular weight is 444 g/mol. The molecule has 2 aliphatic rings. The van der Waals surface area contributed by atoms with Crippen molar-refractivity contribution in [3.8, 4) is 0 Å². The molecule has 2 atom stereocenters. The van der Waals surface area contributed by atoms with Crippen LogP contribution in [0, 0.1) is 0 Å². The summed E-state index contributed by atoms with van der Waals surface area (Å²) < 4.78 is 0. The Morgan fingerprint density at radius 3 is 2.82 bits per heavy atom. The van der Waals surface area contributed by atoms with E-state index in [1.165, 1.54) is 0 Å². The number of carbonyl (C=O) groups excluding carboxylic acids is 1. The van der Waals surface area contributed by atoms with E-state index in [4.69, 9.17) is 4.98 Å². The Hall–Kier alpha value is -3.32. The van der Waals surface area contributed by atoms with Gasteiger partial charge in [-0.3, -0.25) is 19.5 Å². The Balaban J connectivity index is 1.26. The van der Waals surface area contributed by atoms with Crippen molar-refractivity contribution in [3.63, 3.8) is 0 Å². The Morgan fingerprint density at radius 1 is 1.18 bits per heavy atom. The summed E-state index contributed by atoms with van der Waals surface area (Å²) in [5, 5.41) is 0. The summed E-state index contributed by atoms with van der Waals surface area (Å²) in [6, 6.07) is 13.9. The topological polar surface area (TPSA) is 82.2 Å². The molecule has 0 spiro atoms. The predicted molar refractivity (Wildman–Crippen MR) is 126 cm³/mol. The number of fused-ring (bicyclic) bond motifs is 1. The van der Waals surface area contributed by atoms with E-state index < -0.39 is 0 Å². The van der Waals surface area contributed by atoms with Crippen LogP contribution in [0.1, 0.15) is 53.4 Å². The summed E-state index contributed by atoms with van der Waals surface area (Å²) >= 11 is 0. The summed E-state index contributed by atoms with van der Waals surface area (Å²) in [7, 11) is 0. The van der Waals surface area contributed by atoms with Crippen LogP contribution in [0.2, 0.25) is 0 Å². The lowest BCUT2D eigenvalue weighted by atomic mass is 10.00. The largest absolute Gasteiger partial charge is 0.341 e. The number of nitrogens with zero attached hydrogens (tertiary/aromatic N) is 4. The predicted octanol–water partition coefficient (Wildman–Crippen LogP) is 2.84. The van der Waals surface area contributed by atoms with Gasteiger partial charge in [0.25, 0.3) is 5.56 Å². The fraction of sp³-hybridized carbons (Fsp3) is 0.385. The van der Waals surface area contributed by atoms with Gasteiger partial charge < -0.3 is 9.88 Å². The molecule has 7 nitrogen and oxygen atoms in total. The number of benzene rings is 1. The number of nitrogens with one attached hydrogen (secondary N) is 1. The van der Waals surface area contributed by atoms with Crippen LogP contribution in [0.5, 0.6) is 0 Å². The molecule has 7 heteroatoms. The van der Waals surface area contributed by atoms with Crippen LogP contribution in [0.4, 0.5) is 0 Å². The highest BCUT2D eigenvalue weighted by Gasteiger charge is 2.32. The molecular weight excluding hydrogens is 414 g/mol. The van der Waals surface area contributed by atoms with Gasteiger partial charge in [0.2, 0.25) is 5.91 Å². The fourth-order valence-electron chi connectivity index (χ4n) is 4.92. The summed E-state index contributed by atoms with van der Waals surface area (Å²) in [5.74, 6) is 0.756. The summed E-state index contributed by atoms with van der Waals surface area (Å²) in [6.45, 7) is 5.48. The van der Waals surface area contributed by atoms with E-state index in [1.54, 1.807) is 6.20 Å². The second-order valence-electron chi connectivity index (χ2n) is 9.10. The Morgan fingerprint density at radius 2 is 2.03 bits per heavy atom. The standard InChI is InChI=1S/C26H29N5O2/c1-18(20-7-3-2-4-8-20)26(33)31-13-9-21(16-31)24-28-23-10-12-30(17-22(23)25(32)29-24)15-19-6-5-11-27-14-19/h2-8,11,14,18,21H,9-10,12-13,15-17H2,1H3,(H,28,29,32)/t18-,21-/m0/s1. The zero-order valence-electron chi connectivity index (χ0n) is 18.9. The molecule has 1 saturated heterocycles. The first-order chi connectivity index (χ1) is 16.1. The minimum Gasteiger partial charge on any atom is -0.341 e. The minimum absolute atomic E-state index is 0.0479. The molecule has 5 rings (SSSR count). The van der Waals surface area contributed by atoms with E-state index in [0.717, 1.165) is 54.1 Å². The maximum Gasteiger partial charge on any atom is 0.255 e. The third-order valence-corrected chi connectivity index (χ3v) is 6.85. The van der Waals surface area contributed by atoms with Crippen molar-refractivity contribution in [2.24, 2.45) is 0 Å². The molecule has 4 heterocycles. The number of rotatable bonds is 5. The number of hydrogen-bond acceptors (Lipinski definition) is 5. The molecule has 33 heavy (non-hydrogen) atoms. The van der Waals surface area contributed by atoms with E-state index >= 15 is 0 Å². The monoisotopic (exact) mass is 443 g/mol. The van der Waals surface area contributed by atoms with Crippen LogP contribution in [0.3, 0.4) is 0 Å². The second kappa shape index (κ2) is 9.27. The number of amides is 1. The second-order valence-corrected chi connectivity index (χ2v) is 9.10. The molecule has 1 fully saturated rings. The zero-order chi connectivity index (χ0) is 22.8. The van der Waals surface area contributed by atoms with Gasteiger partial charge in [-0.05, 0) is 30.5 Å². The van der Waals surface area contributed by atoms with Crippen molar-refractivity contribution < 1.29 is 4.79 Å². The van der Waals surface area contributed by atoms with Crippen LogP contribution < -0.4 is 5.56 Å². The minimum atomic E-state index is -0.175. The number of likely N-dealkylation sites (tertiary alicyclic amines) is 1. The molecule has 2 aliphatic heterocycles. The van der Waals surface area contributed by atoms with E-state index in [0.29, 0.717) is 19.6 Å².